The fraction of sp³-hybridized carbons (Fsp3) is 0.703. The largest absolute Gasteiger partial charge is 0.480 e. The number of carboxylic acids is 1. The summed E-state index contributed by atoms with van der Waals surface area (Å²) < 4.78 is 11.7. The molecular weight excluding hydrogens is 642 g/mol. The Morgan fingerprint density at radius 2 is 1.62 bits per heavy atom. The molecule has 1 aliphatic rings. The summed E-state index contributed by atoms with van der Waals surface area (Å²) in [7, 11) is 8.35. The smallest absolute Gasteiger partial charge is 0.326 e. The van der Waals surface area contributed by atoms with Crippen molar-refractivity contribution in [2.45, 2.75) is 103 Å². The van der Waals surface area contributed by atoms with Gasteiger partial charge in [-0.3, -0.25) is 24.1 Å². The molecule has 0 radical (unpaired) electrons. The van der Waals surface area contributed by atoms with Crippen LogP contribution in [0.3, 0.4) is 0 Å². The van der Waals surface area contributed by atoms with Gasteiger partial charge in [-0.1, -0.05) is 71.4 Å². The Balaban J connectivity index is 2.17. The van der Waals surface area contributed by atoms with Crippen molar-refractivity contribution in [1.82, 2.24) is 25.3 Å². The van der Waals surface area contributed by atoms with Gasteiger partial charge in [0.05, 0.1) is 49.2 Å². The Bertz CT molecular complexity index is 1250. The molecule has 1 fully saturated rings. The number of rotatable bonds is 20. The predicted molar refractivity (Wildman–Crippen MR) is 191 cm³/mol. The van der Waals surface area contributed by atoms with Crippen LogP contribution in [0, 0.1) is 17.8 Å². The molecule has 0 aromatic heterocycles. The molecule has 4 amide bonds. The van der Waals surface area contributed by atoms with E-state index in [1.54, 1.807) is 23.8 Å². The Kier molecular flexibility index (Phi) is 17.3. The highest BCUT2D eigenvalue weighted by Gasteiger charge is 2.42. The minimum atomic E-state index is -1.14. The highest BCUT2D eigenvalue weighted by atomic mass is 16.5. The summed E-state index contributed by atoms with van der Waals surface area (Å²) in [4.78, 5) is 70.9. The molecule has 13 nitrogen and oxygen atoms in total. The highest BCUT2D eigenvalue weighted by molar-refractivity contribution is 5.88. The lowest BCUT2D eigenvalue weighted by Crippen LogP contribution is -2.55. The minimum Gasteiger partial charge on any atom is -0.480 e. The molecule has 282 valence electrons. The number of methoxy groups -OCH3 is 2. The summed E-state index contributed by atoms with van der Waals surface area (Å²) in [5.41, 5.74) is 0.785. The van der Waals surface area contributed by atoms with Crippen LogP contribution >= 0.6 is 0 Å². The molecule has 8 atom stereocenters. The number of carbonyl (C=O) groups is 5. The number of hydrogen-bond acceptors (Lipinski definition) is 8. The summed E-state index contributed by atoms with van der Waals surface area (Å²) in [5, 5.41) is 15.3. The number of likely N-dealkylation sites (tertiary alicyclic amines) is 1. The number of amides is 4. The van der Waals surface area contributed by atoms with Crippen LogP contribution in [-0.4, -0.2) is 134 Å². The maximum absolute atomic E-state index is 14.0. The van der Waals surface area contributed by atoms with Crippen molar-refractivity contribution in [3.05, 3.63) is 35.9 Å². The lowest BCUT2D eigenvalue weighted by molar-refractivity contribution is -0.147. The highest BCUT2D eigenvalue weighted by Crippen LogP contribution is 2.29. The van der Waals surface area contributed by atoms with E-state index in [1.165, 1.54) is 14.2 Å². The molecule has 2 rings (SSSR count). The first-order valence-corrected chi connectivity index (χ1v) is 17.7. The molecule has 1 aliphatic heterocycles. The van der Waals surface area contributed by atoms with Crippen LogP contribution in [-0.2, 0) is 39.9 Å². The molecule has 0 spiro atoms. The van der Waals surface area contributed by atoms with Gasteiger partial charge in [0.1, 0.15) is 6.04 Å². The maximum Gasteiger partial charge on any atom is 0.326 e. The van der Waals surface area contributed by atoms with Crippen LogP contribution in [0.5, 0.6) is 0 Å². The summed E-state index contributed by atoms with van der Waals surface area (Å²) in [6.07, 6.45) is 0.873. The zero-order chi connectivity index (χ0) is 37.7. The van der Waals surface area contributed by atoms with E-state index in [2.05, 4.69) is 10.6 Å². The zero-order valence-corrected chi connectivity index (χ0v) is 31.7. The summed E-state index contributed by atoms with van der Waals surface area (Å²) in [6.45, 7) is 9.90. The van der Waals surface area contributed by atoms with Crippen molar-refractivity contribution in [1.29, 1.82) is 0 Å². The SMILES string of the molecule is CCC(C)C(C(CC(=O)N1CCCC1C(OC)C(C)C(=O)NC(Cc1ccccc1)C(=O)O)OC)N(C)C(=O)CNC(=O)C(C(C)C)N(C)C. The van der Waals surface area contributed by atoms with E-state index in [9.17, 15) is 29.1 Å². The van der Waals surface area contributed by atoms with Crippen LogP contribution in [0.4, 0.5) is 0 Å². The number of carbonyl (C=O) groups excluding carboxylic acids is 4. The minimum absolute atomic E-state index is 0.00276. The van der Waals surface area contributed by atoms with Gasteiger partial charge in [0.2, 0.25) is 23.6 Å². The monoisotopic (exact) mass is 703 g/mol. The molecule has 1 aromatic rings. The van der Waals surface area contributed by atoms with Crippen LogP contribution in [0.2, 0.25) is 0 Å². The van der Waals surface area contributed by atoms with Crippen molar-refractivity contribution < 1.29 is 38.6 Å². The zero-order valence-electron chi connectivity index (χ0n) is 31.7. The van der Waals surface area contributed by atoms with E-state index in [0.29, 0.717) is 19.4 Å². The number of nitrogens with one attached hydrogen (secondary N) is 2. The molecule has 3 N–H and O–H groups in total. The molecule has 1 saturated heterocycles. The van der Waals surface area contributed by atoms with Gasteiger partial charge in [-0.2, -0.15) is 0 Å². The van der Waals surface area contributed by atoms with Crippen molar-refractivity contribution >= 4 is 29.6 Å². The van der Waals surface area contributed by atoms with E-state index in [4.69, 9.17) is 9.47 Å². The quantitative estimate of drug-likeness (QED) is 0.186. The Labute approximate surface area is 298 Å². The molecular formula is C37H61N5O8. The molecule has 1 aromatic carbocycles. The van der Waals surface area contributed by atoms with E-state index < -0.39 is 48.1 Å². The predicted octanol–water partition coefficient (Wildman–Crippen LogP) is 2.42. The van der Waals surface area contributed by atoms with Gasteiger partial charge < -0.3 is 35.0 Å². The lowest BCUT2D eigenvalue weighted by Gasteiger charge is -2.39. The summed E-state index contributed by atoms with van der Waals surface area (Å²) in [6, 6.07) is 6.73. The first-order chi connectivity index (χ1) is 23.6. The van der Waals surface area contributed by atoms with Gasteiger partial charge in [-0.15, -0.1) is 0 Å². The molecule has 0 bridgehead atoms. The van der Waals surface area contributed by atoms with E-state index in [1.807, 2.05) is 77.0 Å². The molecule has 0 saturated carbocycles. The van der Waals surface area contributed by atoms with Crippen LogP contribution in [0.25, 0.3) is 0 Å². The molecule has 50 heavy (non-hydrogen) atoms. The van der Waals surface area contributed by atoms with Gasteiger partial charge in [0.25, 0.3) is 0 Å². The van der Waals surface area contributed by atoms with E-state index >= 15 is 0 Å². The number of ether oxygens (including phenoxy) is 2. The van der Waals surface area contributed by atoms with Gasteiger partial charge >= 0.3 is 5.97 Å². The van der Waals surface area contributed by atoms with Crippen LogP contribution in [0.1, 0.15) is 65.9 Å². The maximum atomic E-state index is 14.0. The Morgan fingerprint density at radius 1 is 0.980 bits per heavy atom. The number of nitrogens with zero attached hydrogens (tertiary/aromatic N) is 3. The standard InChI is InChI=1S/C37H61N5O8/c1-11-24(4)33(41(8)31(44)22-38-36(46)32(23(2)3)40(6)7)29(49-9)21-30(43)42-19-15-18-28(42)34(50-10)25(5)35(45)39-27(37(47)48)20-26-16-13-12-14-17-26/h12-14,16-17,23-25,27-29,32-34H,11,15,18-22H2,1-10H3,(H,38,46)(H,39,45)(H,47,48). The number of benzene rings is 1. The van der Waals surface area contributed by atoms with Gasteiger partial charge in [0, 0.05) is 34.2 Å². The molecule has 8 unspecified atom stereocenters. The van der Waals surface area contributed by atoms with Gasteiger partial charge in [-0.25, -0.2) is 4.79 Å². The second-order valence-electron chi connectivity index (χ2n) is 14.1. The second kappa shape index (κ2) is 20.3. The average molecular weight is 704 g/mol. The topological polar surface area (TPSA) is 158 Å². The van der Waals surface area contributed by atoms with Crippen molar-refractivity contribution in [3.8, 4) is 0 Å². The molecule has 1 heterocycles. The first kappa shape index (κ1) is 42.6. The third-order valence-corrected chi connectivity index (χ3v) is 10.1. The van der Waals surface area contributed by atoms with E-state index in [-0.39, 0.29) is 55.0 Å². The Hall–Kier alpha value is -3.55. The number of carboxylic acid groups (broad SMARTS) is 1. The Morgan fingerprint density at radius 3 is 2.14 bits per heavy atom. The number of aliphatic carboxylic acids is 1. The average Bonchev–Trinajstić information content (AvgIpc) is 3.56. The summed E-state index contributed by atoms with van der Waals surface area (Å²) >= 11 is 0. The third-order valence-electron chi connectivity index (χ3n) is 10.1. The molecule has 0 aliphatic carbocycles. The van der Waals surface area contributed by atoms with E-state index in [0.717, 1.165) is 12.0 Å². The van der Waals surface area contributed by atoms with Crippen LogP contribution in [0.15, 0.2) is 30.3 Å². The second-order valence-corrected chi connectivity index (χ2v) is 14.1. The van der Waals surface area contributed by atoms with Crippen molar-refractivity contribution in [2.24, 2.45) is 17.8 Å². The first-order valence-electron chi connectivity index (χ1n) is 17.7. The molecule has 13 heteroatoms. The fourth-order valence-corrected chi connectivity index (χ4v) is 7.20. The number of hydrogen-bond donors (Lipinski definition) is 3. The van der Waals surface area contributed by atoms with Crippen molar-refractivity contribution in [2.75, 3.05) is 48.5 Å². The fourth-order valence-electron chi connectivity index (χ4n) is 7.20. The number of likely N-dealkylation sites (N-methyl/N-ethyl adjacent to an activating group) is 2. The summed E-state index contributed by atoms with van der Waals surface area (Å²) in [5.74, 6) is -3.02. The van der Waals surface area contributed by atoms with Gasteiger partial charge in [0.15, 0.2) is 0 Å². The van der Waals surface area contributed by atoms with Crippen molar-refractivity contribution in [3.63, 3.8) is 0 Å². The van der Waals surface area contributed by atoms with Crippen LogP contribution < -0.4 is 10.6 Å². The lowest BCUT2D eigenvalue weighted by atomic mass is 9.90. The normalized spacial score (nSPS) is 18.9. The third kappa shape index (κ3) is 11.5. The van der Waals surface area contributed by atoms with Gasteiger partial charge in [-0.05, 0) is 44.3 Å².